The third-order valence-electron chi connectivity index (χ3n) is 8.49. The van der Waals surface area contributed by atoms with Gasteiger partial charge in [-0.1, -0.05) is 92.2 Å². The summed E-state index contributed by atoms with van der Waals surface area (Å²) in [6, 6.07) is 31.7. The Morgan fingerprint density at radius 1 is 0.607 bits per heavy atom. The number of phenols is 1. The van der Waals surface area contributed by atoms with Gasteiger partial charge in [-0.25, -0.2) is 0 Å². The zero-order valence-corrected chi connectivity index (χ0v) is 45.9. The summed E-state index contributed by atoms with van der Waals surface area (Å²) >= 11 is 14.4. The minimum absolute atomic E-state index is 0. The molecular formula is C45H57BrCl2K2O11. The van der Waals surface area contributed by atoms with Crippen LogP contribution in [-0.4, -0.2) is 73.6 Å². The molecule has 0 fully saturated rings. The van der Waals surface area contributed by atoms with Gasteiger partial charge in [-0.2, -0.15) is 0 Å². The van der Waals surface area contributed by atoms with Crippen LogP contribution in [0.5, 0.6) is 23.0 Å². The molecule has 0 aliphatic carbocycles. The quantitative estimate of drug-likeness (QED) is 0.0281. The number of alkyl halides is 3. The fourth-order valence-electron chi connectivity index (χ4n) is 5.13. The Morgan fingerprint density at radius 2 is 0.902 bits per heavy atom. The second kappa shape index (κ2) is 36.1. The maximum atomic E-state index is 10.7. The first-order valence-electron chi connectivity index (χ1n) is 18.8. The van der Waals surface area contributed by atoms with Gasteiger partial charge >= 0.3 is 115 Å². The molecule has 4 aromatic rings. The van der Waals surface area contributed by atoms with Crippen molar-refractivity contribution in [2.24, 2.45) is 0 Å². The second-order valence-corrected chi connectivity index (χ2v) is 15.1. The number of rotatable bonds is 19. The molecule has 4 aromatic carbocycles. The van der Waals surface area contributed by atoms with Gasteiger partial charge in [-0.3, -0.25) is 14.4 Å². The summed E-state index contributed by atoms with van der Waals surface area (Å²) in [5.74, 6) is 3.47. The molecule has 0 aromatic heterocycles. The summed E-state index contributed by atoms with van der Waals surface area (Å²) in [6.45, 7) is 13.6. The van der Waals surface area contributed by atoms with E-state index < -0.39 is 0 Å². The Balaban J connectivity index is -0.000000883. The molecule has 1 N–H and O–H groups in total. The van der Waals surface area contributed by atoms with Crippen molar-refractivity contribution in [2.45, 2.75) is 65.2 Å². The van der Waals surface area contributed by atoms with Crippen molar-refractivity contribution in [3.05, 3.63) is 119 Å². The van der Waals surface area contributed by atoms with Gasteiger partial charge in [-0.15, -0.1) is 23.2 Å². The van der Waals surface area contributed by atoms with E-state index in [2.05, 4.69) is 89.6 Å². The number of halogens is 3. The van der Waals surface area contributed by atoms with Gasteiger partial charge in [0.15, 0.2) is 0 Å². The van der Waals surface area contributed by atoms with Crippen LogP contribution in [0.15, 0.2) is 97.1 Å². The van der Waals surface area contributed by atoms with E-state index in [0.29, 0.717) is 43.5 Å². The van der Waals surface area contributed by atoms with Gasteiger partial charge in [-0.05, 0) is 83.6 Å². The van der Waals surface area contributed by atoms with E-state index in [1.807, 2.05) is 48.5 Å². The molecular weight excluding hydrogens is 945 g/mol. The third kappa shape index (κ3) is 26.4. The van der Waals surface area contributed by atoms with E-state index in [1.165, 1.54) is 30.5 Å². The zero-order valence-electron chi connectivity index (χ0n) is 37.5. The summed E-state index contributed by atoms with van der Waals surface area (Å²) < 4.78 is 26.2. The van der Waals surface area contributed by atoms with E-state index in [9.17, 15) is 14.7 Å². The van der Waals surface area contributed by atoms with E-state index in [1.54, 1.807) is 12.1 Å². The molecule has 0 radical (unpaired) electrons. The summed E-state index contributed by atoms with van der Waals surface area (Å²) in [4.78, 5) is 32.0. The Kier molecular flexibility index (Phi) is 36.6. The molecule has 11 nitrogen and oxygen atoms in total. The van der Waals surface area contributed by atoms with Crippen molar-refractivity contribution in [2.75, 3.05) is 50.1 Å². The number of carbonyl (C=O) groups is 3. The molecule has 0 saturated carbocycles. The zero-order chi connectivity index (χ0) is 44.1. The van der Waals surface area contributed by atoms with Gasteiger partial charge in [0.05, 0.1) is 13.2 Å². The first-order valence-corrected chi connectivity index (χ1v) is 21.0. The number of phenolic OH excluding ortho intramolecular Hbond substituents is 1. The van der Waals surface area contributed by atoms with Crippen LogP contribution in [-0.2, 0) is 39.6 Å². The Labute approximate surface area is 466 Å². The van der Waals surface area contributed by atoms with Crippen LogP contribution in [0.2, 0.25) is 0 Å². The van der Waals surface area contributed by atoms with Crippen molar-refractivity contribution in [3.63, 3.8) is 0 Å². The molecule has 61 heavy (non-hydrogen) atoms. The molecule has 0 aliphatic heterocycles. The number of benzene rings is 4. The average molecular weight is 1000 g/mol. The van der Waals surface area contributed by atoms with Gasteiger partial charge < -0.3 is 40.4 Å². The minimum Gasteiger partial charge on any atom is -1.00 e. The summed E-state index contributed by atoms with van der Waals surface area (Å²) in [6.07, 6.45) is 1.69. The first kappa shape index (κ1) is 61.9. The Bertz CT molecular complexity index is 1750. The molecule has 0 spiro atoms. The van der Waals surface area contributed by atoms with Crippen LogP contribution in [0, 0.1) is 0 Å². The summed E-state index contributed by atoms with van der Waals surface area (Å²) in [5, 5.41) is 18.6. The SMILES string of the molecule is CC(=O)OCCBr.CC(=O)OCCOc1ccc(C(C)(C)c2ccc(OCCCCl)cc2)cc1.CC(C)(c1ccc(O)cc1)c1ccc(OCCCCl)cc1.O=CO[O-].[H-].[K+].[K+]. The van der Waals surface area contributed by atoms with Crippen LogP contribution in [0.25, 0.3) is 0 Å². The summed E-state index contributed by atoms with van der Waals surface area (Å²) in [7, 11) is 0. The molecule has 0 bridgehead atoms. The van der Waals surface area contributed by atoms with Crippen molar-refractivity contribution >= 4 is 57.5 Å². The molecule has 0 unspecified atom stereocenters. The first-order chi connectivity index (χ1) is 28.2. The van der Waals surface area contributed by atoms with Crippen molar-refractivity contribution in [1.29, 1.82) is 0 Å². The van der Waals surface area contributed by atoms with E-state index in [0.717, 1.165) is 35.7 Å². The number of carbonyl (C=O) groups excluding carboxylic acids is 3. The Morgan fingerprint density at radius 3 is 1.16 bits per heavy atom. The van der Waals surface area contributed by atoms with Gasteiger partial charge in [0.1, 0.15) is 42.8 Å². The molecule has 0 atom stereocenters. The van der Waals surface area contributed by atoms with Crippen LogP contribution in [0.4, 0.5) is 0 Å². The molecule has 4 rings (SSSR count). The van der Waals surface area contributed by atoms with E-state index in [4.69, 9.17) is 52.2 Å². The molecule has 16 heteroatoms. The van der Waals surface area contributed by atoms with Crippen molar-refractivity contribution in [3.8, 4) is 23.0 Å². The van der Waals surface area contributed by atoms with E-state index in [-0.39, 0.29) is 146 Å². The second-order valence-electron chi connectivity index (χ2n) is 13.6. The maximum absolute atomic E-state index is 10.7. The molecule has 0 amide bonds. The number of aromatic hydroxyl groups is 1. The van der Waals surface area contributed by atoms with Crippen LogP contribution in [0.3, 0.4) is 0 Å². The van der Waals surface area contributed by atoms with Gasteiger partial charge in [0.25, 0.3) is 6.47 Å². The molecule has 0 aliphatic rings. The standard InChI is InChI=1S/C22H27ClO4.C18H21ClO2.C4H7BrO2.CH2O3.2K.H/c1-17(24)25-15-16-27-21-11-7-19(8-12-21)22(2,3)18-5-9-20(10-6-18)26-14-4-13-23;1-18(2,14-4-8-16(20)9-5-14)15-6-10-17(11-7-15)21-13-3-12-19;1-4(6)7-3-2-5;2-1-4-3;;;/h5-12H,4,13-16H2,1-3H3;4-11,20H,3,12-13H2,1-2H3;2-3H2,1H3;1,3H;;;/q;;;;2*+1;-1/p-1. The molecule has 0 saturated heterocycles. The average Bonchev–Trinajstić information content (AvgIpc) is 3.23. The maximum Gasteiger partial charge on any atom is 1.00 e. The predicted octanol–water partition coefficient (Wildman–Crippen LogP) is 3.19. The number of hydrogen-bond acceptors (Lipinski definition) is 11. The van der Waals surface area contributed by atoms with Crippen molar-refractivity contribution in [1.82, 2.24) is 0 Å². The van der Waals surface area contributed by atoms with Gasteiger partial charge in [0, 0.05) is 41.8 Å². The minimum atomic E-state index is -0.300. The number of esters is 2. The van der Waals surface area contributed by atoms with Crippen LogP contribution in [0.1, 0.15) is 78.1 Å². The normalized spacial score (nSPS) is 10.1. The largest absolute Gasteiger partial charge is 1.00 e. The molecule has 326 valence electrons. The van der Waals surface area contributed by atoms with Crippen LogP contribution < -0.4 is 122 Å². The fourth-order valence-corrected chi connectivity index (χ4v) is 5.51. The fraction of sp³-hybridized carbons (Fsp3) is 0.400. The predicted molar refractivity (Wildman–Crippen MR) is 234 cm³/mol. The summed E-state index contributed by atoms with van der Waals surface area (Å²) in [5.41, 5.74) is 4.49. The Hall–Kier alpha value is -1.22. The van der Waals surface area contributed by atoms with Crippen LogP contribution >= 0.6 is 39.1 Å². The monoisotopic (exact) mass is 1000 g/mol. The topological polar surface area (TPSA) is 150 Å². The third-order valence-corrected chi connectivity index (χ3v) is 9.35. The number of hydrogen-bond donors (Lipinski definition) is 1. The number of ether oxygens (including phenoxy) is 5. The van der Waals surface area contributed by atoms with Crippen molar-refractivity contribution < 1.29 is 158 Å². The molecule has 0 heterocycles. The van der Waals surface area contributed by atoms with E-state index >= 15 is 0 Å². The van der Waals surface area contributed by atoms with Gasteiger partial charge in [0.2, 0.25) is 0 Å². The smallest absolute Gasteiger partial charge is 1.00 e.